The lowest BCUT2D eigenvalue weighted by Crippen LogP contribution is -2.30. The molecule has 1 heterocycles. The first-order chi connectivity index (χ1) is 11.1. The van der Waals surface area contributed by atoms with Crippen molar-refractivity contribution in [2.45, 2.75) is 39.8 Å². The number of amides is 1. The maximum absolute atomic E-state index is 12.2. The highest BCUT2D eigenvalue weighted by molar-refractivity contribution is 9.10. The molecule has 0 fully saturated rings. The Hall–Kier alpha value is -1.66. The van der Waals surface area contributed by atoms with Gasteiger partial charge in [-0.3, -0.25) is 14.4 Å². The fourth-order valence-corrected chi connectivity index (χ4v) is 2.85. The number of likely N-dealkylation sites (N-methyl/N-ethyl adjacent to an activating group) is 1. The van der Waals surface area contributed by atoms with Gasteiger partial charge in [0, 0.05) is 28.5 Å². The second kappa shape index (κ2) is 7.49. The Morgan fingerprint density at radius 3 is 2.67 bits per heavy atom. The molecule has 0 saturated heterocycles. The second-order valence-electron chi connectivity index (χ2n) is 7.14. The van der Waals surface area contributed by atoms with Gasteiger partial charge >= 0.3 is 0 Å². The van der Waals surface area contributed by atoms with Gasteiger partial charge in [-0.05, 0) is 58.5 Å². The number of carbonyl (C=O) groups excluding carboxylic acids is 1. The summed E-state index contributed by atoms with van der Waals surface area (Å²) in [5.74, 6) is -0.0221. The number of hydrogen-bond acceptors (Lipinski definition) is 3. The highest BCUT2D eigenvalue weighted by Gasteiger charge is 2.15. The zero-order valence-electron chi connectivity index (χ0n) is 14.9. The monoisotopic (exact) mass is 392 g/mol. The number of benzene rings is 1. The third-order valence-electron chi connectivity index (χ3n) is 3.65. The molecule has 0 radical (unpaired) electrons. The number of anilines is 1. The molecule has 130 valence electrons. The predicted molar refractivity (Wildman–Crippen MR) is 101 cm³/mol. The molecule has 0 atom stereocenters. The number of carbonyl (C=O) groups is 1. The van der Waals surface area contributed by atoms with Gasteiger partial charge in [-0.25, -0.2) is 0 Å². The zero-order chi connectivity index (χ0) is 17.9. The lowest BCUT2D eigenvalue weighted by atomic mass is 10.1. The summed E-state index contributed by atoms with van der Waals surface area (Å²) in [7, 11) is 1.93. The summed E-state index contributed by atoms with van der Waals surface area (Å²) in [6, 6.07) is 5.82. The minimum absolute atomic E-state index is 0.0221. The number of nitrogens with zero attached hydrogens (tertiary/aromatic N) is 3. The number of aromatic nitrogens is 2. The van der Waals surface area contributed by atoms with E-state index >= 15 is 0 Å². The van der Waals surface area contributed by atoms with E-state index in [2.05, 4.69) is 47.1 Å². The summed E-state index contributed by atoms with van der Waals surface area (Å²) in [6.45, 7) is 9.33. The largest absolute Gasteiger partial charge is 0.325 e. The van der Waals surface area contributed by atoms with Crippen molar-refractivity contribution in [1.82, 2.24) is 14.7 Å². The molecule has 6 heteroatoms. The van der Waals surface area contributed by atoms with Crippen molar-refractivity contribution >= 4 is 27.5 Å². The molecule has 24 heavy (non-hydrogen) atoms. The third kappa shape index (κ3) is 5.18. The molecular weight excluding hydrogens is 368 g/mol. The van der Waals surface area contributed by atoms with Gasteiger partial charge in [0.05, 0.1) is 18.3 Å². The SMILES string of the molecule is Cc1cc(Br)ccc1NC(=O)CN(C)Cc1cnn(C(C)(C)C)c1. The molecule has 0 bridgehead atoms. The number of aryl methyl sites for hydroxylation is 1. The van der Waals surface area contributed by atoms with E-state index in [0.29, 0.717) is 13.1 Å². The number of rotatable bonds is 5. The Kier molecular flexibility index (Phi) is 5.83. The van der Waals surface area contributed by atoms with Crippen LogP contribution in [0.15, 0.2) is 35.1 Å². The van der Waals surface area contributed by atoms with Crippen LogP contribution in [0.2, 0.25) is 0 Å². The van der Waals surface area contributed by atoms with Gasteiger partial charge in [0.25, 0.3) is 0 Å². The predicted octanol–water partition coefficient (Wildman–Crippen LogP) is 3.78. The van der Waals surface area contributed by atoms with Crippen molar-refractivity contribution in [2.24, 2.45) is 0 Å². The molecule has 0 aliphatic rings. The molecule has 0 unspecified atom stereocenters. The summed E-state index contributed by atoms with van der Waals surface area (Å²) in [4.78, 5) is 14.2. The highest BCUT2D eigenvalue weighted by atomic mass is 79.9. The van der Waals surface area contributed by atoms with Crippen LogP contribution in [-0.2, 0) is 16.9 Å². The van der Waals surface area contributed by atoms with Crippen LogP contribution in [-0.4, -0.2) is 34.2 Å². The lowest BCUT2D eigenvalue weighted by Gasteiger charge is -2.19. The number of halogens is 1. The summed E-state index contributed by atoms with van der Waals surface area (Å²) < 4.78 is 2.95. The van der Waals surface area contributed by atoms with Crippen LogP contribution in [0.3, 0.4) is 0 Å². The average molecular weight is 393 g/mol. The normalized spacial score (nSPS) is 11.8. The van der Waals surface area contributed by atoms with E-state index in [1.165, 1.54) is 0 Å². The molecule has 2 aromatic rings. The first kappa shape index (κ1) is 18.7. The maximum Gasteiger partial charge on any atom is 0.238 e. The fourth-order valence-electron chi connectivity index (χ4n) is 2.38. The van der Waals surface area contributed by atoms with Crippen LogP contribution in [0.1, 0.15) is 31.9 Å². The molecular formula is C18H25BrN4O. The Balaban J connectivity index is 1.90. The van der Waals surface area contributed by atoms with E-state index in [-0.39, 0.29) is 11.4 Å². The van der Waals surface area contributed by atoms with Crippen LogP contribution in [0.4, 0.5) is 5.69 Å². The minimum Gasteiger partial charge on any atom is -0.325 e. The summed E-state index contributed by atoms with van der Waals surface area (Å²) in [5, 5.41) is 7.35. The van der Waals surface area contributed by atoms with E-state index in [4.69, 9.17) is 0 Å². The van der Waals surface area contributed by atoms with E-state index in [1.807, 2.05) is 54.1 Å². The van der Waals surface area contributed by atoms with E-state index in [1.54, 1.807) is 0 Å². The van der Waals surface area contributed by atoms with Crippen LogP contribution in [0.25, 0.3) is 0 Å². The van der Waals surface area contributed by atoms with Crippen LogP contribution in [0.5, 0.6) is 0 Å². The zero-order valence-corrected chi connectivity index (χ0v) is 16.5. The Morgan fingerprint density at radius 1 is 1.38 bits per heavy atom. The van der Waals surface area contributed by atoms with Crippen molar-refractivity contribution < 1.29 is 4.79 Å². The van der Waals surface area contributed by atoms with Gasteiger partial charge in [0.2, 0.25) is 5.91 Å². The molecule has 1 aromatic heterocycles. The lowest BCUT2D eigenvalue weighted by molar-refractivity contribution is -0.117. The summed E-state index contributed by atoms with van der Waals surface area (Å²) in [6.07, 6.45) is 3.89. The van der Waals surface area contributed by atoms with E-state index in [9.17, 15) is 4.79 Å². The van der Waals surface area contributed by atoms with E-state index < -0.39 is 0 Å². The first-order valence-electron chi connectivity index (χ1n) is 7.94. The van der Waals surface area contributed by atoms with Gasteiger partial charge in [-0.15, -0.1) is 0 Å². The Morgan fingerprint density at radius 2 is 2.08 bits per heavy atom. The summed E-state index contributed by atoms with van der Waals surface area (Å²) >= 11 is 3.43. The molecule has 2 rings (SSSR count). The van der Waals surface area contributed by atoms with Crippen LogP contribution in [0, 0.1) is 6.92 Å². The van der Waals surface area contributed by atoms with Crippen molar-refractivity contribution in [2.75, 3.05) is 18.9 Å². The van der Waals surface area contributed by atoms with Crippen LogP contribution >= 0.6 is 15.9 Å². The number of hydrogen-bond donors (Lipinski definition) is 1. The summed E-state index contributed by atoms with van der Waals surface area (Å²) in [5.41, 5.74) is 2.94. The van der Waals surface area contributed by atoms with Crippen molar-refractivity contribution in [3.05, 3.63) is 46.2 Å². The van der Waals surface area contributed by atoms with Crippen LogP contribution < -0.4 is 5.32 Å². The Labute approximate surface area is 152 Å². The second-order valence-corrected chi connectivity index (χ2v) is 8.06. The molecule has 5 nitrogen and oxygen atoms in total. The minimum atomic E-state index is -0.0344. The van der Waals surface area contributed by atoms with Crippen molar-refractivity contribution in [1.29, 1.82) is 0 Å². The van der Waals surface area contributed by atoms with Gasteiger partial charge in [-0.2, -0.15) is 5.10 Å². The van der Waals surface area contributed by atoms with Gasteiger partial charge in [-0.1, -0.05) is 15.9 Å². The third-order valence-corrected chi connectivity index (χ3v) is 4.15. The molecule has 0 aliphatic carbocycles. The van der Waals surface area contributed by atoms with Gasteiger partial charge in [0.15, 0.2) is 0 Å². The number of nitrogens with one attached hydrogen (secondary N) is 1. The smallest absolute Gasteiger partial charge is 0.238 e. The maximum atomic E-state index is 12.2. The van der Waals surface area contributed by atoms with Crippen molar-refractivity contribution in [3.63, 3.8) is 0 Å². The molecule has 0 aliphatic heterocycles. The molecule has 0 spiro atoms. The van der Waals surface area contributed by atoms with E-state index in [0.717, 1.165) is 21.3 Å². The topological polar surface area (TPSA) is 50.2 Å². The van der Waals surface area contributed by atoms with Gasteiger partial charge < -0.3 is 5.32 Å². The Bertz CT molecular complexity index is 718. The van der Waals surface area contributed by atoms with Crippen molar-refractivity contribution in [3.8, 4) is 0 Å². The quantitative estimate of drug-likeness (QED) is 0.841. The molecule has 1 N–H and O–H groups in total. The van der Waals surface area contributed by atoms with Gasteiger partial charge in [0.1, 0.15) is 0 Å². The molecule has 0 saturated carbocycles. The average Bonchev–Trinajstić information content (AvgIpc) is 2.90. The highest BCUT2D eigenvalue weighted by Crippen LogP contribution is 2.20. The fraction of sp³-hybridized carbons (Fsp3) is 0.444. The molecule has 1 aromatic carbocycles. The first-order valence-corrected chi connectivity index (χ1v) is 8.73. The standard InChI is InChI=1S/C18H25BrN4O/c1-13-8-15(19)6-7-16(13)21-17(24)12-22(5)10-14-9-20-23(11-14)18(2,3)4/h6-9,11H,10,12H2,1-5H3,(H,21,24). The molecule has 1 amide bonds.